The van der Waals surface area contributed by atoms with E-state index in [1.54, 1.807) is 18.2 Å². The molecular weight excluding hydrogens is 377 g/mol. The van der Waals surface area contributed by atoms with Gasteiger partial charge in [-0.3, -0.25) is 4.79 Å². The minimum atomic E-state index is -4.71. The lowest BCUT2D eigenvalue weighted by molar-refractivity contribution is -0.147. The summed E-state index contributed by atoms with van der Waals surface area (Å²) in [6.45, 7) is -0.611. The topological polar surface area (TPSA) is 88.7 Å². The first kappa shape index (κ1) is 19.2. The van der Waals surface area contributed by atoms with Crippen LogP contribution in [0.15, 0.2) is 47.6 Å². The van der Waals surface area contributed by atoms with Gasteiger partial charge < -0.3 is 14.4 Å². The van der Waals surface area contributed by atoms with E-state index in [1.165, 1.54) is 37.6 Å². The third-order valence-electron chi connectivity index (χ3n) is 3.82. The van der Waals surface area contributed by atoms with Crippen molar-refractivity contribution in [2.75, 3.05) is 7.11 Å². The van der Waals surface area contributed by atoms with E-state index in [0.29, 0.717) is 5.56 Å². The number of fused-ring (bicyclic) bond motifs is 1. The van der Waals surface area contributed by atoms with Crippen molar-refractivity contribution in [1.29, 1.82) is 0 Å². The van der Waals surface area contributed by atoms with Crippen molar-refractivity contribution >= 4 is 23.2 Å². The van der Waals surface area contributed by atoms with E-state index in [2.05, 4.69) is 15.5 Å². The molecule has 2 N–H and O–H groups in total. The first-order valence-corrected chi connectivity index (χ1v) is 8.01. The Morgan fingerprint density at radius 3 is 2.75 bits per heavy atom. The number of aromatic nitrogens is 2. The maximum absolute atomic E-state index is 13.2. The van der Waals surface area contributed by atoms with Crippen LogP contribution in [0.1, 0.15) is 11.4 Å². The second-order valence-corrected chi connectivity index (χ2v) is 5.73. The lowest BCUT2D eigenvalue weighted by Gasteiger charge is -2.10. The highest BCUT2D eigenvalue weighted by atomic mass is 19.4. The molecule has 28 heavy (non-hydrogen) atoms. The number of nitrogens with one attached hydrogen (secondary N) is 1. The van der Waals surface area contributed by atoms with Gasteiger partial charge in [-0.25, -0.2) is 10.4 Å². The average molecular weight is 392 g/mol. The van der Waals surface area contributed by atoms with Crippen LogP contribution in [0.4, 0.5) is 13.2 Å². The number of aromatic hydroxyl groups is 1. The fraction of sp³-hybridized carbons (Fsp3) is 0.167. The Balaban J connectivity index is 1.76. The first-order valence-electron chi connectivity index (χ1n) is 8.01. The van der Waals surface area contributed by atoms with Crippen LogP contribution < -0.4 is 10.2 Å². The molecule has 0 saturated heterocycles. The number of nitrogens with zero attached hydrogens (tertiary/aromatic N) is 3. The summed E-state index contributed by atoms with van der Waals surface area (Å²) in [5, 5.41) is 13.4. The molecule has 146 valence electrons. The number of hydrogen-bond acceptors (Lipinski definition) is 5. The highest BCUT2D eigenvalue weighted by Crippen LogP contribution is 2.31. The van der Waals surface area contributed by atoms with Gasteiger partial charge in [0, 0.05) is 0 Å². The number of methoxy groups -OCH3 is 1. The number of amides is 1. The lowest BCUT2D eigenvalue weighted by Crippen LogP contribution is -2.26. The van der Waals surface area contributed by atoms with Crippen molar-refractivity contribution in [1.82, 2.24) is 15.0 Å². The standard InChI is InChI=1S/C18H15F3N4O3/c1-28-15-7-6-11(8-14(15)26)9-22-24-16(27)10-25-13-5-3-2-4-12(13)23-17(25)18(19,20)21/h2-9,26H,10H2,1H3,(H,24,27). The minimum absolute atomic E-state index is 0.113. The van der Waals surface area contributed by atoms with Crippen LogP contribution in [-0.4, -0.2) is 33.9 Å². The van der Waals surface area contributed by atoms with Crippen molar-refractivity contribution in [3.8, 4) is 11.5 Å². The van der Waals surface area contributed by atoms with Gasteiger partial charge >= 0.3 is 6.18 Å². The van der Waals surface area contributed by atoms with E-state index in [4.69, 9.17) is 4.74 Å². The predicted octanol–water partition coefficient (Wildman–Crippen LogP) is 2.92. The zero-order valence-corrected chi connectivity index (χ0v) is 14.6. The Labute approximate surface area is 157 Å². The Morgan fingerprint density at radius 2 is 2.07 bits per heavy atom. The van der Waals surface area contributed by atoms with E-state index >= 15 is 0 Å². The summed E-state index contributed by atoms with van der Waals surface area (Å²) in [4.78, 5) is 15.7. The number of rotatable bonds is 5. The Hall–Kier alpha value is -3.56. The summed E-state index contributed by atoms with van der Waals surface area (Å²) in [5.74, 6) is -1.76. The molecule has 0 atom stereocenters. The number of halogens is 3. The summed E-state index contributed by atoms with van der Waals surface area (Å²) >= 11 is 0. The molecule has 0 radical (unpaired) electrons. The fourth-order valence-electron chi connectivity index (χ4n) is 2.60. The molecular formula is C18H15F3N4O3. The number of carbonyl (C=O) groups excluding carboxylic acids is 1. The molecule has 1 heterocycles. The number of ether oxygens (including phenoxy) is 1. The van der Waals surface area contributed by atoms with Crippen molar-refractivity contribution in [3.05, 3.63) is 53.9 Å². The fourth-order valence-corrected chi connectivity index (χ4v) is 2.60. The zero-order valence-electron chi connectivity index (χ0n) is 14.6. The number of carbonyl (C=O) groups is 1. The molecule has 0 saturated carbocycles. The van der Waals surface area contributed by atoms with E-state index < -0.39 is 24.5 Å². The van der Waals surface area contributed by atoms with Gasteiger partial charge in [-0.15, -0.1) is 0 Å². The normalized spacial score (nSPS) is 11.9. The van der Waals surface area contributed by atoms with Gasteiger partial charge in [0.25, 0.3) is 5.91 Å². The predicted molar refractivity (Wildman–Crippen MR) is 95.1 cm³/mol. The smallest absolute Gasteiger partial charge is 0.449 e. The molecule has 0 aliphatic rings. The minimum Gasteiger partial charge on any atom is -0.504 e. The molecule has 0 aliphatic carbocycles. The Kier molecular flexibility index (Phi) is 5.21. The summed E-state index contributed by atoms with van der Waals surface area (Å²) in [6, 6.07) is 10.5. The third kappa shape index (κ3) is 4.05. The van der Waals surface area contributed by atoms with Gasteiger partial charge in [0.1, 0.15) is 6.54 Å². The summed E-state index contributed by atoms with van der Waals surface area (Å²) in [7, 11) is 1.40. The van der Waals surface area contributed by atoms with Crippen LogP contribution in [-0.2, 0) is 17.5 Å². The maximum Gasteiger partial charge on any atom is 0.449 e. The largest absolute Gasteiger partial charge is 0.504 e. The van der Waals surface area contributed by atoms with E-state index in [-0.39, 0.29) is 22.5 Å². The maximum atomic E-state index is 13.2. The van der Waals surface area contributed by atoms with Gasteiger partial charge in [-0.1, -0.05) is 12.1 Å². The van der Waals surface area contributed by atoms with E-state index in [0.717, 1.165) is 4.57 Å². The third-order valence-corrected chi connectivity index (χ3v) is 3.82. The molecule has 3 aromatic rings. The summed E-state index contributed by atoms with van der Waals surface area (Å²) in [6.07, 6.45) is -3.46. The van der Waals surface area contributed by atoms with Gasteiger partial charge in [-0.05, 0) is 35.9 Å². The monoisotopic (exact) mass is 392 g/mol. The Bertz CT molecular complexity index is 1040. The van der Waals surface area contributed by atoms with E-state index in [1.807, 2.05) is 0 Å². The molecule has 10 heteroatoms. The molecule has 0 aliphatic heterocycles. The quantitative estimate of drug-likeness (QED) is 0.516. The molecule has 0 unspecified atom stereocenters. The molecule has 7 nitrogen and oxygen atoms in total. The van der Waals surface area contributed by atoms with Crippen LogP contribution in [0.2, 0.25) is 0 Å². The van der Waals surface area contributed by atoms with Gasteiger partial charge in [0.2, 0.25) is 5.82 Å². The van der Waals surface area contributed by atoms with Crippen LogP contribution >= 0.6 is 0 Å². The second kappa shape index (κ2) is 7.59. The molecule has 1 aromatic heterocycles. The highest BCUT2D eigenvalue weighted by molar-refractivity contribution is 5.84. The average Bonchev–Trinajstić information content (AvgIpc) is 3.01. The SMILES string of the molecule is COc1ccc(C=NNC(=O)Cn2c(C(F)(F)F)nc3ccccc32)cc1O. The van der Waals surface area contributed by atoms with Crippen molar-refractivity contribution < 1.29 is 27.8 Å². The van der Waals surface area contributed by atoms with Gasteiger partial charge in [0.15, 0.2) is 11.5 Å². The molecule has 3 rings (SSSR count). The van der Waals surface area contributed by atoms with Gasteiger partial charge in [-0.2, -0.15) is 18.3 Å². The van der Waals surface area contributed by atoms with Crippen LogP contribution in [0.5, 0.6) is 11.5 Å². The van der Waals surface area contributed by atoms with Crippen molar-refractivity contribution in [2.24, 2.45) is 5.10 Å². The number of imidazole rings is 1. The lowest BCUT2D eigenvalue weighted by atomic mass is 10.2. The van der Waals surface area contributed by atoms with Crippen LogP contribution in [0.3, 0.4) is 0 Å². The van der Waals surface area contributed by atoms with Gasteiger partial charge in [0.05, 0.1) is 24.4 Å². The van der Waals surface area contributed by atoms with Crippen LogP contribution in [0.25, 0.3) is 11.0 Å². The first-order chi connectivity index (χ1) is 13.3. The molecule has 0 fully saturated rings. The number of hydrazone groups is 1. The molecule has 0 bridgehead atoms. The van der Waals surface area contributed by atoms with Crippen molar-refractivity contribution in [3.63, 3.8) is 0 Å². The summed E-state index contributed by atoms with van der Waals surface area (Å²) < 4.78 is 45.4. The number of phenols is 1. The number of para-hydroxylation sites is 2. The van der Waals surface area contributed by atoms with Crippen molar-refractivity contribution in [2.45, 2.75) is 12.7 Å². The molecule has 2 aromatic carbocycles. The number of alkyl halides is 3. The number of phenolic OH excluding ortho intramolecular Hbond substituents is 1. The second-order valence-electron chi connectivity index (χ2n) is 5.73. The zero-order chi connectivity index (χ0) is 20.3. The molecule has 1 amide bonds. The summed E-state index contributed by atoms with van der Waals surface area (Å²) in [5.41, 5.74) is 2.95. The van der Waals surface area contributed by atoms with Crippen LogP contribution in [0, 0.1) is 0 Å². The highest BCUT2D eigenvalue weighted by Gasteiger charge is 2.37. The Morgan fingerprint density at radius 1 is 1.32 bits per heavy atom. The number of benzene rings is 2. The van der Waals surface area contributed by atoms with E-state index in [9.17, 15) is 23.1 Å². The number of hydrogen-bond donors (Lipinski definition) is 2. The molecule has 0 spiro atoms.